The van der Waals surface area contributed by atoms with Crippen LogP contribution in [0.15, 0.2) is 18.6 Å². The lowest BCUT2D eigenvalue weighted by atomic mass is 10.1. The number of fused-ring (bicyclic) bond motifs is 1. The number of halogens is 5. The minimum absolute atomic E-state index is 0.0162. The van der Waals surface area contributed by atoms with Gasteiger partial charge < -0.3 is 30.7 Å². The summed E-state index contributed by atoms with van der Waals surface area (Å²) in [6, 6.07) is 1.30. The van der Waals surface area contributed by atoms with Crippen LogP contribution in [0.5, 0.6) is 0 Å². The van der Waals surface area contributed by atoms with Crippen LogP contribution in [0.1, 0.15) is 12.1 Å². The minimum atomic E-state index is -4.53. The normalized spacial score (nSPS) is 22.2. The maximum Gasteiger partial charge on any atom is 0.407 e. The molecule has 0 radical (unpaired) electrons. The third kappa shape index (κ3) is 4.92. The molecule has 0 bridgehead atoms. The smallest absolute Gasteiger partial charge is 0.407 e. The molecule has 0 saturated carbocycles. The summed E-state index contributed by atoms with van der Waals surface area (Å²) >= 11 is 0. The number of aliphatic hydroxyl groups excluding tert-OH is 1. The molecular weight excluding hydrogens is 475 g/mol. The van der Waals surface area contributed by atoms with Gasteiger partial charge in [-0.25, -0.2) is 18.6 Å². The second-order valence-electron chi connectivity index (χ2n) is 7.42. The van der Waals surface area contributed by atoms with Crippen LogP contribution in [0.4, 0.5) is 32.4 Å². The van der Waals surface area contributed by atoms with Crippen molar-refractivity contribution in [3.8, 4) is 0 Å². The Morgan fingerprint density at radius 2 is 2.15 bits per heavy atom. The van der Waals surface area contributed by atoms with E-state index in [2.05, 4.69) is 30.6 Å². The molecule has 2 amide bonds. The molecule has 184 valence electrons. The van der Waals surface area contributed by atoms with E-state index in [1.54, 1.807) is 5.32 Å². The summed E-state index contributed by atoms with van der Waals surface area (Å²) in [5.41, 5.74) is 0.152. The highest BCUT2D eigenvalue weighted by Gasteiger charge is 2.51. The Balaban J connectivity index is 1.55. The Morgan fingerprint density at radius 1 is 1.38 bits per heavy atom. The highest BCUT2D eigenvalue weighted by Crippen LogP contribution is 2.35. The summed E-state index contributed by atoms with van der Waals surface area (Å²) < 4.78 is 71.5. The van der Waals surface area contributed by atoms with E-state index >= 15 is 0 Å². The first-order valence-corrected chi connectivity index (χ1v) is 9.73. The van der Waals surface area contributed by atoms with Gasteiger partial charge in [0.1, 0.15) is 12.0 Å². The Morgan fingerprint density at radius 3 is 2.85 bits per heavy atom. The number of carbonyl (C=O) groups excluding carboxylic acids is 2. The number of nitrogens with zero attached hydrogens (tertiary/aromatic N) is 5. The number of aliphatic hydroxyl groups is 1. The zero-order chi connectivity index (χ0) is 24.7. The Hall–Kier alpha value is -3.76. The number of hydrogen-bond donors (Lipinski definition) is 4. The number of anilines is 1. The van der Waals surface area contributed by atoms with Crippen LogP contribution in [0.3, 0.4) is 0 Å². The van der Waals surface area contributed by atoms with Gasteiger partial charge in [0, 0.05) is 12.7 Å². The second kappa shape index (κ2) is 8.54. The van der Waals surface area contributed by atoms with E-state index in [-0.39, 0.29) is 22.6 Å². The highest BCUT2D eigenvalue weighted by atomic mass is 19.4. The molecule has 2 aliphatic rings. The van der Waals surface area contributed by atoms with Gasteiger partial charge >= 0.3 is 18.2 Å². The van der Waals surface area contributed by atoms with Gasteiger partial charge in [-0.1, -0.05) is 0 Å². The third-order valence-electron chi connectivity index (χ3n) is 4.94. The number of nitrogens with one attached hydrogen (secondary N) is 3. The summed E-state index contributed by atoms with van der Waals surface area (Å²) in [6.07, 6.45) is -8.25. The van der Waals surface area contributed by atoms with Crippen LogP contribution in [-0.4, -0.2) is 81.1 Å². The molecular formula is C17H17F5N8O4. The molecule has 0 aliphatic carbocycles. The lowest BCUT2D eigenvalue weighted by molar-refractivity contribution is -0.133. The fraction of sp³-hybridized carbons (Fsp3) is 0.471. The van der Waals surface area contributed by atoms with Crippen molar-refractivity contribution < 1.29 is 41.4 Å². The van der Waals surface area contributed by atoms with Crippen molar-refractivity contribution in [2.24, 2.45) is 0 Å². The Labute approximate surface area is 186 Å². The summed E-state index contributed by atoms with van der Waals surface area (Å²) in [5.74, 6) is -4.23. The molecule has 2 aromatic heterocycles. The molecule has 34 heavy (non-hydrogen) atoms. The summed E-state index contributed by atoms with van der Waals surface area (Å²) in [6.45, 7) is -2.26. The number of alkyl halides is 5. The van der Waals surface area contributed by atoms with Crippen molar-refractivity contribution in [3.63, 3.8) is 0 Å². The van der Waals surface area contributed by atoms with Gasteiger partial charge in [-0.2, -0.15) is 13.2 Å². The molecule has 2 aliphatic heterocycles. The van der Waals surface area contributed by atoms with Crippen LogP contribution in [0.25, 0.3) is 11.2 Å². The summed E-state index contributed by atoms with van der Waals surface area (Å²) in [5, 5.41) is 23.9. The highest BCUT2D eigenvalue weighted by molar-refractivity contribution is 6.19. The van der Waals surface area contributed by atoms with Crippen molar-refractivity contribution in [1.82, 2.24) is 35.8 Å². The second-order valence-corrected chi connectivity index (χ2v) is 7.42. The van der Waals surface area contributed by atoms with Gasteiger partial charge in [-0.15, -0.1) is 14.8 Å². The van der Waals surface area contributed by atoms with E-state index < -0.39 is 62.6 Å². The first-order chi connectivity index (χ1) is 15.9. The van der Waals surface area contributed by atoms with Gasteiger partial charge in [0.25, 0.3) is 5.91 Å². The van der Waals surface area contributed by atoms with Gasteiger partial charge in [0.2, 0.25) is 6.35 Å². The zero-order valence-corrected chi connectivity index (χ0v) is 17.0. The maximum absolute atomic E-state index is 14.6. The molecule has 0 spiro atoms. The van der Waals surface area contributed by atoms with Gasteiger partial charge in [-0.3, -0.25) is 4.79 Å². The fourth-order valence-electron chi connectivity index (χ4n) is 3.37. The van der Waals surface area contributed by atoms with Crippen LogP contribution in [0.2, 0.25) is 0 Å². The minimum Gasteiger partial charge on any atom is -0.438 e. The molecule has 4 heterocycles. The molecule has 1 fully saturated rings. The van der Waals surface area contributed by atoms with Crippen molar-refractivity contribution in [2.45, 2.75) is 31.0 Å². The standard InChI is InChI=1S/C17H17F5N8O4/c18-16(19)6-29(5-11(16)34-15(33)23-2-1-17(20,21)22)10-3-9(28-30-12(10)25-7-26-30)8-4-24-14(32)27-13(8)31/h3-4,7,11,14,24,32H,1-2,5-6H2,(H,23,33)(H,27,31). The molecule has 1 saturated heterocycles. The third-order valence-corrected chi connectivity index (χ3v) is 4.94. The number of carbonyl (C=O) groups is 2. The average Bonchev–Trinajstić information content (AvgIpc) is 3.30. The first-order valence-electron chi connectivity index (χ1n) is 9.73. The molecule has 12 nitrogen and oxygen atoms in total. The van der Waals surface area contributed by atoms with E-state index in [1.165, 1.54) is 12.3 Å². The van der Waals surface area contributed by atoms with E-state index in [0.29, 0.717) is 0 Å². The predicted octanol–water partition coefficient (Wildman–Crippen LogP) is -0.0370. The number of ether oxygens (including phenoxy) is 1. The van der Waals surface area contributed by atoms with Crippen LogP contribution in [-0.2, 0) is 9.53 Å². The molecule has 17 heteroatoms. The predicted molar refractivity (Wildman–Crippen MR) is 102 cm³/mol. The quantitative estimate of drug-likeness (QED) is 0.423. The Bertz CT molecular complexity index is 1140. The SMILES string of the molecule is O=C(NCCC(F)(F)F)OC1CN(c2cc(C3=CNC(O)NC3=O)nn3ncnc23)CC1(F)F. The number of alkyl carbamates (subject to hydrolysis) is 1. The lowest BCUT2D eigenvalue weighted by Crippen LogP contribution is -2.47. The van der Waals surface area contributed by atoms with Crippen molar-refractivity contribution in [2.75, 3.05) is 24.5 Å². The first kappa shape index (κ1) is 23.4. The molecule has 2 atom stereocenters. The fourth-order valence-corrected chi connectivity index (χ4v) is 3.37. The maximum atomic E-state index is 14.6. The zero-order valence-electron chi connectivity index (χ0n) is 17.0. The van der Waals surface area contributed by atoms with Crippen molar-refractivity contribution in [3.05, 3.63) is 24.3 Å². The lowest BCUT2D eigenvalue weighted by Gasteiger charge is -2.22. The number of rotatable bonds is 5. The van der Waals surface area contributed by atoms with Crippen LogP contribution >= 0.6 is 0 Å². The van der Waals surface area contributed by atoms with Gasteiger partial charge in [0.05, 0.1) is 30.8 Å². The Kier molecular flexibility index (Phi) is 5.88. The van der Waals surface area contributed by atoms with Crippen LogP contribution in [0, 0.1) is 0 Å². The van der Waals surface area contributed by atoms with E-state index in [0.717, 1.165) is 15.9 Å². The van der Waals surface area contributed by atoms with E-state index in [9.17, 15) is 36.6 Å². The monoisotopic (exact) mass is 492 g/mol. The molecule has 2 aromatic rings. The number of hydrogen-bond acceptors (Lipinski definition) is 9. The van der Waals surface area contributed by atoms with Gasteiger partial charge in [-0.05, 0) is 6.07 Å². The van der Waals surface area contributed by atoms with E-state index in [1.807, 2.05) is 0 Å². The van der Waals surface area contributed by atoms with Crippen LogP contribution < -0.4 is 20.9 Å². The van der Waals surface area contributed by atoms with Crippen molar-refractivity contribution >= 4 is 28.9 Å². The number of amides is 2. The summed E-state index contributed by atoms with van der Waals surface area (Å²) in [7, 11) is 0. The largest absolute Gasteiger partial charge is 0.438 e. The molecule has 2 unspecified atom stereocenters. The molecule has 0 aromatic carbocycles. The van der Waals surface area contributed by atoms with Gasteiger partial charge in [0.15, 0.2) is 11.8 Å². The molecule has 4 rings (SSSR count). The molecule has 4 N–H and O–H groups in total. The van der Waals surface area contributed by atoms with E-state index in [4.69, 9.17) is 0 Å². The average molecular weight is 492 g/mol. The topological polar surface area (TPSA) is 146 Å². The number of aromatic nitrogens is 4. The van der Waals surface area contributed by atoms with Crippen molar-refractivity contribution in [1.29, 1.82) is 0 Å². The summed E-state index contributed by atoms with van der Waals surface area (Å²) in [4.78, 5) is 29.1.